The lowest BCUT2D eigenvalue weighted by Gasteiger charge is -2.55. The number of hydrogen-bond donors (Lipinski definition) is 0. The summed E-state index contributed by atoms with van der Waals surface area (Å²) < 4.78 is 0. The second kappa shape index (κ2) is 15.8. The number of carbonyl (C=O) groups is 2. The van der Waals surface area contributed by atoms with Crippen LogP contribution in [0.15, 0.2) is 0 Å². The number of piperidine rings is 1. The summed E-state index contributed by atoms with van der Waals surface area (Å²) in [7, 11) is 2.19. The lowest BCUT2D eigenvalue weighted by atomic mass is 9.75. The number of carbonyl (C=O) groups excluding carboxylic acids is 2. The minimum Gasteiger partial charge on any atom is -0.296 e. The number of nitrogens with zero attached hydrogens (tertiary/aromatic N) is 2. The first-order chi connectivity index (χ1) is 18.0. The molecule has 0 aliphatic carbocycles. The van der Waals surface area contributed by atoms with E-state index in [1.807, 2.05) is 0 Å². The zero-order chi connectivity index (χ0) is 28.2. The van der Waals surface area contributed by atoms with Crippen molar-refractivity contribution >= 4 is 11.8 Å². The second-order valence-electron chi connectivity index (χ2n) is 14.2. The van der Waals surface area contributed by atoms with Crippen LogP contribution in [0, 0.1) is 5.41 Å². The van der Waals surface area contributed by atoms with Gasteiger partial charge in [0.15, 0.2) is 0 Å². The molecular formula is C34H64N2O2. The molecule has 0 N–H and O–H groups in total. The largest absolute Gasteiger partial charge is 0.296 e. The summed E-state index contributed by atoms with van der Waals surface area (Å²) in [6.07, 6.45) is 24.4. The van der Waals surface area contributed by atoms with Crippen LogP contribution in [-0.4, -0.2) is 45.8 Å². The maximum absolute atomic E-state index is 14.2. The molecule has 4 nitrogen and oxygen atoms in total. The van der Waals surface area contributed by atoms with Crippen molar-refractivity contribution in [3.8, 4) is 0 Å². The van der Waals surface area contributed by atoms with Gasteiger partial charge >= 0.3 is 0 Å². The molecule has 2 aliphatic rings. The lowest BCUT2D eigenvalue weighted by molar-refractivity contribution is -0.149. The van der Waals surface area contributed by atoms with Crippen molar-refractivity contribution in [3.63, 3.8) is 0 Å². The van der Waals surface area contributed by atoms with E-state index >= 15 is 0 Å². The molecule has 4 heteroatoms. The van der Waals surface area contributed by atoms with Gasteiger partial charge in [0.1, 0.15) is 0 Å². The van der Waals surface area contributed by atoms with Crippen LogP contribution in [0.5, 0.6) is 0 Å². The average Bonchev–Trinajstić information content (AvgIpc) is 3.09. The summed E-state index contributed by atoms with van der Waals surface area (Å²) in [6, 6.07) is 0.0233. The molecule has 0 saturated carbocycles. The summed E-state index contributed by atoms with van der Waals surface area (Å²) in [5, 5.41) is 0. The highest BCUT2D eigenvalue weighted by atomic mass is 16.2. The first-order valence-electron chi connectivity index (χ1n) is 16.6. The van der Waals surface area contributed by atoms with E-state index in [2.05, 4.69) is 53.5 Å². The predicted octanol–water partition coefficient (Wildman–Crippen LogP) is 9.44. The Balaban J connectivity index is 2.02. The van der Waals surface area contributed by atoms with Gasteiger partial charge in [-0.3, -0.25) is 19.4 Å². The molecule has 2 rings (SSSR count). The number of amides is 2. The summed E-state index contributed by atoms with van der Waals surface area (Å²) >= 11 is 0. The maximum Gasteiger partial charge on any atom is 0.236 e. The standard InChI is InChI=1S/C34H64N2O2/c1-8-10-12-14-16-18-20-22-24-34(25-23-21-19-17-15-13-11-9-2)28-30(37)36(31(34)38)29-26-32(3,4)35(7)33(5,6)27-29/h29H,8-28H2,1-7H3. The third-order valence-electron chi connectivity index (χ3n) is 10.1. The summed E-state index contributed by atoms with van der Waals surface area (Å²) in [4.78, 5) is 32.0. The summed E-state index contributed by atoms with van der Waals surface area (Å²) in [5.74, 6) is 0.282. The van der Waals surface area contributed by atoms with Crippen molar-refractivity contribution in [2.75, 3.05) is 7.05 Å². The van der Waals surface area contributed by atoms with Crippen LogP contribution in [-0.2, 0) is 9.59 Å². The van der Waals surface area contributed by atoms with Crippen molar-refractivity contribution in [3.05, 3.63) is 0 Å². The van der Waals surface area contributed by atoms with Crippen LogP contribution in [0.3, 0.4) is 0 Å². The number of imide groups is 1. The molecular weight excluding hydrogens is 468 g/mol. The van der Waals surface area contributed by atoms with E-state index in [1.54, 1.807) is 4.90 Å². The van der Waals surface area contributed by atoms with E-state index in [1.165, 1.54) is 89.9 Å². The first-order valence-corrected chi connectivity index (χ1v) is 16.6. The molecule has 2 saturated heterocycles. The predicted molar refractivity (Wildman–Crippen MR) is 162 cm³/mol. The summed E-state index contributed by atoms with van der Waals surface area (Å²) in [6.45, 7) is 13.6. The Kier molecular flexibility index (Phi) is 13.8. The average molecular weight is 533 g/mol. The molecule has 0 unspecified atom stereocenters. The molecule has 2 aliphatic heterocycles. The van der Waals surface area contributed by atoms with E-state index in [9.17, 15) is 9.59 Å². The molecule has 0 atom stereocenters. The Morgan fingerprint density at radius 3 is 1.39 bits per heavy atom. The van der Waals surface area contributed by atoms with Gasteiger partial charge in [0.25, 0.3) is 0 Å². The highest BCUT2D eigenvalue weighted by molar-refractivity contribution is 6.06. The van der Waals surface area contributed by atoms with Crippen LogP contribution in [0.4, 0.5) is 0 Å². The van der Waals surface area contributed by atoms with Gasteiger partial charge in [-0.15, -0.1) is 0 Å². The van der Waals surface area contributed by atoms with Gasteiger partial charge in [-0.25, -0.2) is 0 Å². The number of hydrogen-bond acceptors (Lipinski definition) is 3. The SMILES string of the molecule is CCCCCCCCCCC1(CCCCCCCCCC)CC(=O)N(C2CC(C)(C)N(C)C(C)(C)C2)C1=O. The molecule has 0 aromatic rings. The molecule has 0 aromatic heterocycles. The van der Waals surface area contributed by atoms with Gasteiger partial charge < -0.3 is 0 Å². The van der Waals surface area contributed by atoms with Crippen molar-refractivity contribution < 1.29 is 9.59 Å². The molecule has 0 radical (unpaired) electrons. The number of rotatable bonds is 19. The van der Waals surface area contributed by atoms with Crippen LogP contribution in [0.2, 0.25) is 0 Å². The number of likely N-dealkylation sites (tertiary alicyclic amines) is 2. The van der Waals surface area contributed by atoms with E-state index in [-0.39, 0.29) is 28.9 Å². The van der Waals surface area contributed by atoms with Gasteiger partial charge in [0.05, 0.1) is 5.41 Å². The van der Waals surface area contributed by atoms with Gasteiger partial charge in [0, 0.05) is 23.5 Å². The highest BCUT2D eigenvalue weighted by Gasteiger charge is 2.55. The van der Waals surface area contributed by atoms with Crippen molar-refractivity contribution in [1.29, 1.82) is 0 Å². The molecule has 0 bridgehead atoms. The molecule has 222 valence electrons. The monoisotopic (exact) mass is 532 g/mol. The quantitative estimate of drug-likeness (QED) is 0.123. The van der Waals surface area contributed by atoms with E-state index in [4.69, 9.17) is 0 Å². The van der Waals surface area contributed by atoms with Crippen LogP contribution in [0.1, 0.15) is 176 Å². The van der Waals surface area contributed by atoms with Gasteiger partial charge in [-0.05, 0) is 60.4 Å². The van der Waals surface area contributed by atoms with Crippen molar-refractivity contribution in [1.82, 2.24) is 9.80 Å². The smallest absolute Gasteiger partial charge is 0.236 e. The first kappa shape index (κ1) is 33.3. The third-order valence-corrected chi connectivity index (χ3v) is 10.1. The zero-order valence-electron chi connectivity index (χ0n) is 26.6. The Morgan fingerprint density at radius 1 is 0.632 bits per heavy atom. The minimum absolute atomic E-state index is 0.0233. The fourth-order valence-electron chi connectivity index (χ4n) is 7.40. The highest BCUT2D eigenvalue weighted by Crippen LogP contribution is 2.47. The fraction of sp³-hybridized carbons (Fsp3) is 0.941. The third kappa shape index (κ3) is 9.34. The normalized spacial score (nSPS) is 21.5. The maximum atomic E-state index is 14.2. The zero-order valence-corrected chi connectivity index (χ0v) is 26.6. The van der Waals surface area contributed by atoms with E-state index < -0.39 is 5.41 Å². The molecule has 2 heterocycles. The molecule has 0 aromatic carbocycles. The van der Waals surface area contributed by atoms with E-state index in [0.717, 1.165) is 38.5 Å². The van der Waals surface area contributed by atoms with Crippen LogP contribution in [0.25, 0.3) is 0 Å². The van der Waals surface area contributed by atoms with Gasteiger partial charge in [0.2, 0.25) is 11.8 Å². The molecule has 0 spiro atoms. The minimum atomic E-state index is -0.445. The Hall–Kier alpha value is -0.900. The van der Waals surface area contributed by atoms with Crippen LogP contribution < -0.4 is 0 Å². The Labute approximate surface area is 237 Å². The fourth-order valence-corrected chi connectivity index (χ4v) is 7.40. The molecule has 38 heavy (non-hydrogen) atoms. The molecule has 2 fully saturated rings. The Bertz CT molecular complexity index is 675. The van der Waals surface area contributed by atoms with Crippen LogP contribution >= 0.6 is 0 Å². The Morgan fingerprint density at radius 2 is 1.00 bits per heavy atom. The van der Waals surface area contributed by atoms with Crippen molar-refractivity contribution in [2.24, 2.45) is 5.41 Å². The van der Waals surface area contributed by atoms with Crippen molar-refractivity contribution in [2.45, 2.75) is 193 Å². The summed E-state index contributed by atoms with van der Waals surface area (Å²) in [5.41, 5.74) is -0.513. The van der Waals surface area contributed by atoms with E-state index in [0.29, 0.717) is 6.42 Å². The topological polar surface area (TPSA) is 40.6 Å². The van der Waals surface area contributed by atoms with Gasteiger partial charge in [-0.2, -0.15) is 0 Å². The lowest BCUT2D eigenvalue weighted by Crippen LogP contribution is -2.63. The van der Waals surface area contributed by atoms with Gasteiger partial charge in [-0.1, -0.05) is 117 Å². The molecule has 2 amide bonds. The second-order valence-corrected chi connectivity index (χ2v) is 14.2. The number of unbranched alkanes of at least 4 members (excludes halogenated alkanes) is 14.